The third-order valence-electron chi connectivity index (χ3n) is 5.27. The largest absolute Gasteiger partial charge is 0.340 e. The fraction of sp³-hybridized carbons (Fsp3) is 0.652. The number of imidazole rings is 1. The quantitative estimate of drug-likeness (QED) is 0.131. The second-order valence-electron chi connectivity index (χ2n) is 7.82. The summed E-state index contributed by atoms with van der Waals surface area (Å²) in [5.74, 6) is -0.201. The van der Waals surface area contributed by atoms with Crippen LogP contribution in [0.5, 0.6) is 0 Å². The molecule has 2 heterocycles. The Morgan fingerprint density at radius 3 is 2.23 bits per heavy atom. The molecule has 2 aromatic rings. The van der Waals surface area contributed by atoms with Crippen molar-refractivity contribution in [2.24, 2.45) is 5.18 Å². The fourth-order valence-electron chi connectivity index (χ4n) is 3.48. The standard InChI is InChI=1S/C23H35N5O2/c1-2-3-4-5-6-7-8-9-10-11-12-13-14-15-16-17-19(29)21-26-22-20(24-18-25-22)23(27-21)28-30/h9-10,18H,2-8,11-17H2,1H3,(H,24,25,26,27)/b10-9-. The first kappa shape index (κ1) is 23.8. The highest BCUT2D eigenvalue weighted by molar-refractivity contribution is 5.95. The molecule has 30 heavy (non-hydrogen) atoms. The molecule has 0 fully saturated rings. The lowest BCUT2D eigenvalue weighted by Crippen LogP contribution is -2.06. The highest BCUT2D eigenvalue weighted by Crippen LogP contribution is 2.20. The molecular weight excluding hydrogens is 378 g/mol. The van der Waals surface area contributed by atoms with Crippen molar-refractivity contribution in [1.29, 1.82) is 0 Å². The van der Waals surface area contributed by atoms with Gasteiger partial charge in [0.1, 0.15) is 5.52 Å². The first-order valence-corrected chi connectivity index (χ1v) is 11.5. The summed E-state index contributed by atoms with van der Waals surface area (Å²) in [6, 6.07) is 0. The number of hydrogen-bond donors (Lipinski definition) is 1. The Labute approximate surface area is 179 Å². The summed E-state index contributed by atoms with van der Waals surface area (Å²) >= 11 is 0. The van der Waals surface area contributed by atoms with E-state index in [1.54, 1.807) is 0 Å². The molecule has 1 N–H and O–H groups in total. The molecule has 2 rings (SSSR count). The average molecular weight is 414 g/mol. The highest BCUT2D eigenvalue weighted by Gasteiger charge is 2.15. The first-order valence-electron chi connectivity index (χ1n) is 11.5. The Kier molecular flexibility index (Phi) is 11.5. The summed E-state index contributed by atoms with van der Waals surface area (Å²) < 4.78 is 0. The average Bonchev–Trinajstić information content (AvgIpc) is 3.24. The molecule has 0 bridgehead atoms. The SMILES string of the molecule is CCCCCCCC/C=C\CCCCCCCC(=O)c1nc(N=O)c2[nH]cnc2n1. The molecule has 7 heteroatoms. The van der Waals surface area contributed by atoms with Gasteiger partial charge in [-0.2, -0.15) is 0 Å². The predicted molar refractivity (Wildman–Crippen MR) is 121 cm³/mol. The molecule has 0 aliphatic rings. The van der Waals surface area contributed by atoms with Crippen molar-refractivity contribution in [3.63, 3.8) is 0 Å². The minimum absolute atomic E-state index is 0.0275. The zero-order valence-electron chi connectivity index (χ0n) is 18.2. The van der Waals surface area contributed by atoms with Crippen molar-refractivity contribution in [3.8, 4) is 0 Å². The highest BCUT2D eigenvalue weighted by atomic mass is 16.3. The van der Waals surface area contributed by atoms with Gasteiger partial charge in [-0.3, -0.25) is 4.79 Å². The smallest absolute Gasteiger partial charge is 0.226 e. The van der Waals surface area contributed by atoms with E-state index in [1.807, 2.05) is 0 Å². The Hall–Kier alpha value is -2.44. The molecule has 0 aromatic carbocycles. The van der Waals surface area contributed by atoms with Crippen molar-refractivity contribution in [2.45, 2.75) is 96.8 Å². The van der Waals surface area contributed by atoms with E-state index < -0.39 is 0 Å². The van der Waals surface area contributed by atoms with Gasteiger partial charge in [0.05, 0.1) is 6.33 Å². The van der Waals surface area contributed by atoms with Gasteiger partial charge in [-0.05, 0) is 37.3 Å². The van der Waals surface area contributed by atoms with E-state index >= 15 is 0 Å². The number of Topliss-reactive ketones (excluding diaryl/α,β-unsaturated/α-hetero) is 1. The zero-order chi connectivity index (χ0) is 21.4. The number of rotatable bonds is 17. The number of aromatic nitrogens is 4. The molecule has 0 radical (unpaired) electrons. The predicted octanol–water partition coefficient (Wildman–Crippen LogP) is 6.97. The molecule has 0 saturated carbocycles. The van der Waals surface area contributed by atoms with Gasteiger partial charge in [-0.25, -0.2) is 15.0 Å². The number of aromatic amines is 1. The van der Waals surface area contributed by atoms with Crippen molar-refractivity contribution < 1.29 is 4.79 Å². The summed E-state index contributed by atoms with van der Waals surface area (Å²) in [5.41, 5.74) is 0.662. The number of ketones is 1. The number of hydrogen-bond acceptors (Lipinski definition) is 6. The van der Waals surface area contributed by atoms with Crippen LogP contribution >= 0.6 is 0 Å². The van der Waals surface area contributed by atoms with E-state index in [-0.39, 0.29) is 17.4 Å². The number of fused-ring (bicyclic) bond motifs is 1. The Morgan fingerprint density at radius 1 is 0.933 bits per heavy atom. The van der Waals surface area contributed by atoms with Crippen LogP contribution in [0.4, 0.5) is 5.82 Å². The Morgan fingerprint density at radius 2 is 1.57 bits per heavy atom. The Bertz CT molecular complexity index is 800. The van der Waals surface area contributed by atoms with Crippen molar-refractivity contribution >= 4 is 22.8 Å². The van der Waals surface area contributed by atoms with Gasteiger partial charge in [0, 0.05) is 6.42 Å². The van der Waals surface area contributed by atoms with Crippen LogP contribution < -0.4 is 0 Å². The molecule has 0 saturated heterocycles. The lowest BCUT2D eigenvalue weighted by Gasteiger charge is -2.02. The number of allylic oxidation sites excluding steroid dienone is 2. The molecular formula is C23H35N5O2. The summed E-state index contributed by atoms with van der Waals surface area (Å²) in [6.45, 7) is 2.25. The fourth-order valence-corrected chi connectivity index (χ4v) is 3.48. The Balaban J connectivity index is 1.50. The van der Waals surface area contributed by atoms with Crippen LogP contribution in [0.1, 0.15) is 107 Å². The van der Waals surface area contributed by atoms with Crippen LogP contribution in [0, 0.1) is 4.91 Å². The lowest BCUT2D eigenvalue weighted by atomic mass is 10.1. The number of carbonyl (C=O) groups is 1. The molecule has 2 aromatic heterocycles. The van der Waals surface area contributed by atoms with E-state index in [0.717, 1.165) is 25.7 Å². The minimum Gasteiger partial charge on any atom is -0.340 e. The summed E-state index contributed by atoms with van der Waals surface area (Å²) in [7, 11) is 0. The van der Waals surface area contributed by atoms with E-state index in [0.29, 0.717) is 17.6 Å². The summed E-state index contributed by atoms with van der Waals surface area (Å²) in [4.78, 5) is 38.0. The minimum atomic E-state index is -0.164. The molecule has 0 unspecified atom stereocenters. The van der Waals surface area contributed by atoms with Crippen molar-refractivity contribution in [3.05, 3.63) is 29.2 Å². The maximum absolute atomic E-state index is 12.3. The first-order chi connectivity index (χ1) is 14.8. The second kappa shape index (κ2) is 14.5. The topological polar surface area (TPSA) is 101 Å². The second-order valence-corrected chi connectivity index (χ2v) is 7.82. The van der Waals surface area contributed by atoms with Crippen molar-refractivity contribution in [1.82, 2.24) is 19.9 Å². The molecule has 164 valence electrons. The maximum Gasteiger partial charge on any atom is 0.226 e. The van der Waals surface area contributed by atoms with Gasteiger partial charge in [0.15, 0.2) is 17.3 Å². The zero-order valence-corrected chi connectivity index (χ0v) is 18.2. The molecule has 0 aliphatic carbocycles. The summed E-state index contributed by atoms with van der Waals surface area (Å²) in [6.07, 6.45) is 22.2. The van der Waals surface area contributed by atoms with Gasteiger partial charge < -0.3 is 4.98 Å². The van der Waals surface area contributed by atoms with E-state index in [2.05, 4.69) is 44.2 Å². The molecule has 0 atom stereocenters. The van der Waals surface area contributed by atoms with Crippen LogP contribution in [-0.2, 0) is 0 Å². The number of nitrogens with zero attached hydrogens (tertiary/aromatic N) is 4. The number of unbranched alkanes of at least 4 members (excludes halogenated alkanes) is 11. The van der Waals surface area contributed by atoms with Gasteiger partial charge in [-0.1, -0.05) is 70.4 Å². The normalized spacial score (nSPS) is 11.5. The number of nitroso groups, excluding NO2 is 1. The van der Waals surface area contributed by atoms with Crippen LogP contribution in [0.25, 0.3) is 11.2 Å². The van der Waals surface area contributed by atoms with Crippen LogP contribution in [0.2, 0.25) is 0 Å². The third kappa shape index (κ3) is 8.51. The number of carbonyl (C=O) groups excluding carboxylic acids is 1. The van der Waals surface area contributed by atoms with Crippen LogP contribution in [0.15, 0.2) is 23.7 Å². The third-order valence-corrected chi connectivity index (χ3v) is 5.27. The molecule has 0 aliphatic heterocycles. The van der Waals surface area contributed by atoms with Crippen LogP contribution in [0.3, 0.4) is 0 Å². The van der Waals surface area contributed by atoms with E-state index in [1.165, 1.54) is 64.1 Å². The van der Waals surface area contributed by atoms with Gasteiger partial charge >= 0.3 is 0 Å². The number of H-pyrrole nitrogens is 1. The molecule has 7 nitrogen and oxygen atoms in total. The maximum atomic E-state index is 12.3. The van der Waals surface area contributed by atoms with Gasteiger partial charge in [-0.15, -0.1) is 4.91 Å². The van der Waals surface area contributed by atoms with Gasteiger partial charge in [0.2, 0.25) is 5.82 Å². The lowest BCUT2D eigenvalue weighted by molar-refractivity contribution is 0.0969. The molecule has 0 spiro atoms. The molecule has 0 amide bonds. The monoisotopic (exact) mass is 413 g/mol. The van der Waals surface area contributed by atoms with Crippen molar-refractivity contribution in [2.75, 3.05) is 0 Å². The van der Waals surface area contributed by atoms with Crippen LogP contribution in [-0.4, -0.2) is 25.7 Å². The number of nitrogens with one attached hydrogen (secondary N) is 1. The van der Waals surface area contributed by atoms with Gasteiger partial charge in [0.25, 0.3) is 0 Å². The van der Waals surface area contributed by atoms with E-state index in [4.69, 9.17) is 0 Å². The summed E-state index contributed by atoms with van der Waals surface area (Å²) in [5, 5.41) is 2.86. The van der Waals surface area contributed by atoms with E-state index in [9.17, 15) is 9.70 Å².